The fourth-order valence-electron chi connectivity index (χ4n) is 1.05. The van der Waals surface area contributed by atoms with Gasteiger partial charge in [-0.15, -0.1) is 0 Å². The van der Waals surface area contributed by atoms with Crippen LogP contribution in [0.5, 0.6) is 5.75 Å². The summed E-state index contributed by atoms with van der Waals surface area (Å²) in [6.07, 6.45) is 0. The number of hydrogen-bond acceptors (Lipinski definition) is 2. The van der Waals surface area contributed by atoms with E-state index in [4.69, 9.17) is 10.5 Å². The molecule has 13 heavy (non-hydrogen) atoms. The summed E-state index contributed by atoms with van der Waals surface area (Å²) in [5.41, 5.74) is 7.79. The van der Waals surface area contributed by atoms with Gasteiger partial charge in [-0.3, -0.25) is 0 Å². The van der Waals surface area contributed by atoms with Crippen LogP contribution in [0.2, 0.25) is 0 Å². The molecule has 0 amide bonds. The molecular formula is C10H15ClNO-. The Kier molecular flexibility index (Phi) is 5.51. The average Bonchev–Trinajstić information content (AvgIpc) is 2.08. The molecule has 0 aromatic heterocycles. The van der Waals surface area contributed by atoms with Crippen molar-refractivity contribution in [1.29, 1.82) is 0 Å². The molecule has 3 heteroatoms. The highest BCUT2D eigenvalue weighted by Crippen LogP contribution is 2.19. The first-order chi connectivity index (χ1) is 5.75. The maximum absolute atomic E-state index is 5.44. The van der Waals surface area contributed by atoms with Crippen molar-refractivity contribution in [2.24, 2.45) is 5.73 Å². The Morgan fingerprint density at radius 2 is 2.00 bits per heavy atom. The minimum absolute atomic E-state index is 0. The molecule has 2 N–H and O–H groups in total. The van der Waals surface area contributed by atoms with Crippen molar-refractivity contribution >= 4 is 0 Å². The smallest absolute Gasteiger partial charge is 0.122 e. The van der Waals surface area contributed by atoms with Gasteiger partial charge >= 0.3 is 0 Å². The highest BCUT2D eigenvalue weighted by atomic mass is 35.5. The highest BCUT2D eigenvalue weighted by molar-refractivity contribution is 5.38. The molecule has 0 atom stereocenters. The second-order valence-corrected chi connectivity index (χ2v) is 2.84. The van der Waals surface area contributed by atoms with Crippen LogP contribution >= 0.6 is 0 Å². The molecule has 0 aliphatic carbocycles. The van der Waals surface area contributed by atoms with Gasteiger partial charge in [0, 0.05) is 6.54 Å². The van der Waals surface area contributed by atoms with Gasteiger partial charge in [-0.1, -0.05) is 12.1 Å². The van der Waals surface area contributed by atoms with Crippen LogP contribution < -0.4 is 22.9 Å². The fourth-order valence-corrected chi connectivity index (χ4v) is 1.05. The van der Waals surface area contributed by atoms with E-state index < -0.39 is 0 Å². The van der Waals surface area contributed by atoms with Crippen LogP contribution in [0.25, 0.3) is 0 Å². The Balaban J connectivity index is 0.00000144. The van der Waals surface area contributed by atoms with E-state index in [9.17, 15) is 0 Å². The van der Waals surface area contributed by atoms with E-state index in [1.54, 1.807) is 0 Å². The van der Waals surface area contributed by atoms with Crippen LogP contribution in [0.1, 0.15) is 11.1 Å². The van der Waals surface area contributed by atoms with Crippen molar-refractivity contribution in [3.63, 3.8) is 0 Å². The zero-order valence-corrected chi connectivity index (χ0v) is 8.77. The Hall–Kier alpha value is -0.730. The molecule has 0 radical (unpaired) electrons. The second-order valence-electron chi connectivity index (χ2n) is 2.84. The zero-order chi connectivity index (χ0) is 8.97. The van der Waals surface area contributed by atoms with Crippen molar-refractivity contribution in [1.82, 2.24) is 0 Å². The van der Waals surface area contributed by atoms with Gasteiger partial charge in [0.25, 0.3) is 0 Å². The first-order valence-electron chi connectivity index (χ1n) is 4.15. The maximum atomic E-state index is 5.44. The summed E-state index contributed by atoms with van der Waals surface area (Å²) in [7, 11) is 0. The summed E-state index contributed by atoms with van der Waals surface area (Å²) in [5.74, 6) is 0.945. The maximum Gasteiger partial charge on any atom is 0.122 e. The summed E-state index contributed by atoms with van der Waals surface area (Å²) in [6.45, 7) is 5.28. The van der Waals surface area contributed by atoms with Gasteiger partial charge in [0.1, 0.15) is 12.4 Å². The van der Waals surface area contributed by atoms with Crippen molar-refractivity contribution in [3.8, 4) is 5.75 Å². The number of halogens is 1. The Morgan fingerprint density at radius 3 is 2.62 bits per heavy atom. The average molecular weight is 201 g/mol. The van der Waals surface area contributed by atoms with Crippen molar-refractivity contribution < 1.29 is 17.1 Å². The van der Waals surface area contributed by atoms with Crippen LogP contribution in [-0.2, 0) is 0 Å². The third-order valence-electron chi connectivity index (χ3n) is 1.93. The van der Waals surface area contributed by atoms with Gasteiger partial charge in [0.05, 0.1) is 0 Å². The Morgan fingerprint density at radius 1 is 1.31 bits per heavy atom. The summed E-state index contributed by atoms with van der Waals surface area (Å²) in [6, 6.07) is 6.04. The molecule has 2 nitrogen and oxygen atoms in total. The fraction of sp³-hybridized carbons (Fsp3) is 0.400. The lowest BCUT2D eigenvalue weighted by atomic mass is 10.1. The molecule has 1 aromatic rings. The SMILES string of the molecule is Cc1cccc(OCCN)c1C.[Cl-]. The third kappa shape index (κ3) is 3.25. The normalized spacial score (nSPS) is 9.15. The molecule has 0 bridgehead atoms. The molecule has 74 valence electrons. The van der Waals surface area contributed by atoms with E-state index in [0.717, 1.165) is 5.75 Å². The minimum Gasteiger partial charge on any atom is -1.00 e. The first-order valence-corrected chi connectivity index (χ1v) is 4.15. The van der Waals surface area contributed by atoms with Crippen LogP contribution in [-0.4, -0.2) is 13.2 Å². The number of hydrogen-bond donors (Lipinski definition) is 1. The molecule has 0 aliphatic rings. The van der Waals surface area contributed by atoms with E-state index in [0.29, 0.717) is 13.2 Å². The van der Waals surface area contributed by atoms with Crippen LogP contribution in [0.3, 0.4) is 0 Å². The molecule has 0 spiro atoms. The van der Waals surface area contributed by atoms with E-state index in [-0.39, 0.29) is 12.4 Å². The summed E-state index contributed by atoms with van der Waals surface area (Å²) >= 11 is 0. The lowest BCUT2D eigenvalue weighted by Crippen LogP contribution is -3.00. The molecule has 0 aliphatic heterocycles. The first kappa shape index (κ1) is 12.3. The van der Waals surface area contributed by atoms with Gasteiger partial charge in [0.15, 0.2) is 0 Å². The van der Waals surface area contributed by atoms with Gasteiger partial charge in [-0.05, 0) is 31.0 Å². The lowest BCUT2D eigenvalue weighted by molar-refractivity contribution is -0.00000308. The standard InChI is InChI=1S/C10H15NO.ClH/c1-8-4-3-5-10(9(8)2)12-7-6-11;/h3-5H,6-7,11H2,1-2H3;1H/p-1. The third-order valence-corrected chi connectivity index (χ3v) is 1.93. The van der Waals surface area contributed by atoms with E-state index in [1.807, 2.05) is 12.1 Å². The molecular weight excluding hydrogens is 186 g/mol. The van der Waals surface area contributed by atoms with Crippen molar-refractivity contribution in [2.45, 2.75) is 13.8 Å². The van der Waals surface area contributed by atoms with Gasteiger partial charge in [0.2, 0.25) is 0 Å². The molecule has 0 heterocycles. The quantitative estimate of drug-likeness (QED) is 0.655. The van der Waals surface area contributed by atoms with Gasteiger partial charge < -0.3 is 22.9 Å². The van der Waals surface area contributed by atoms with Crippen LogP contribution in [0, 0.1) is 13.8 Å². The monoisotopic (exact) mass is 200 g/mol. The number of ether oxygens (including phenoxy) is 1. The highest BCUT2D eigenvalue weighted by Gasteiger charge is 1.99. The van der Waals surface area contributed by atoms with Crippen LogP contribution in [0.4, 0.5) is 0 Å². The molecule has 1 aromatic carbocycles. The molecule has 0 unspecified atom stereocenters. The molecule has 0 saturated heterocycles. The predicted octanol–water partition coefficient (Wildman–Crippen LogP) is -1.36. The number of rotatable bonds is 3. The summed E-state index contributed by atoms with van der Waals surface area (Å²) in [5, 5.41) is 0. The number of nitrogens with two attached hydrogens (primary N) is 1. The minimum atomic E-state index is 0. The molecule has 0 fully saturated rings. The molecule has 1 rings (SSSR count). The summed E-state index contributed by atoms with van der Waals surface area (Å²) in [4.78, 5) is 0. The number of benzene rings is 1. The lowest BCUT2D eigenvalue weighted by Gasteiger charge is -2.09. The molecule has 0 saturated carbocycles. The van der Waals surface area contributed by atoms with Crippen molar-refractivity contribution in [3.05, 3.63) is 29.3 Å². The van der Waals surface area contributed by atoms with E-state index >= 15 is 0 Å². The van der Waals surface area contributed by atoms with E-state index in [2.05, 4.69) is 19.9 Å². The van der Waals surface area contributed by atoms with Crippen molar-refractivity contribution in [2.75, 3.05) is 13.2 Å². The van der Waals surface area contributed by atoms with Gasteiger partial charge in [-0.2, -0.15) is 0 Å². The summed E-state index contributed by atoms with van der Waals surface area (Å²) < 4.78 is 5.44. The van der Waals surface area contributed by atoms with Crippen LogP contribution in [0.15, 0.2) is 18.2 Å². The largest absolute Gasteiger partial charge is 1.00 e. The second kappa shape index (κ2) is 5.84. The Labute approximate surface area is 85.5 Å². The van der Waals surface area contributed by atoms with Gasteiger partial charge in [-0.25, -0.2) is 0 Å². The predicted molar refractivity (Wildman–Crippen MR) is 50.5 cm³/mol. The Bertz CT molecular complexity index is 263. The zero-order valence-electron chi connectivity index (χ0n) is 8.01. The van der Waals surface area contributed by atoms with E-state index in [1.165, 1.54) is 11.1 Å². The topological polar surface area (TPSA) is 35.2 Å². The number of aryl methyl sites for hydroxylation is 1.